The summed E-state index contributed by atoms with van der Waals surface area (Å²) in [6, 6.07) is 72.5. The molecule has 0 aliphatic carbocycles. The van der Waals surface area contributed by atoms with Gasteiger partial charge >= 0.3 is 11.9 Å². The van der Waals surface area contributed by atoms with Crippen molar-refractivity contribution in [3.05, 3.63) is 269 Å². The third kappa shape index (κ3) is 15.5. The number of fused-ring (bicyclic) bond motifs is 12. The number of imidazole rings is 2. The van der Waals surface area contributed by atoms with Crippen molar-refractivity contribution >= 4 is 66.5 Å². The third-order valence-electron chi connectivity index (χ3n) is 18.7. The van der Waals surface area contributed by atoms with E-state index in [-0.39, 0.29) is 91.4 Å². The first-order valence-corrected chi connectivity index (χ1v) is 32.9. The second-order valence-corrected chi connectivity index (χ2v) is 26.4. The number of methoxy groups -OCH3 is 1. The normalized spacial score (nSPS) is 12.1. The van der Waals surface area contributed by atoms with Gasteiger partial charge in [0.15, 0.2) is 0 Å². The molecule has 0 aliphatic rings. The van der Waals surface area contributed by atoms with Gasteiger partial charge in [-0.15, -0.1) is 64.9 Å². The average molecular weight is 1840 g/mol. The summed E-state index contributed by atoms with van der Waals surface area (Å²) in [5.74, 6) is 0.961. The van der Waals surface area contributed by atoms with Gasteiger partial charge in [-0.2, -0.15) is 29.4 Å². The molecule has 99 heavy (non-hydrogen) atoms. The van der Waals surface area contributed by atoms with Crippen LogP contribution in [0.4, 0.5) is 0 Å². The van der Waals surface area contributed by atoms with E-state index in [1.807, 2.05) is 109 Å². The van der Waals surface area contributed by atoms with Crippen LogP contribution in [0.15, 0.2) is 207 Å². The number of carbonyl (C=O) groups is 2. The summed E-state index contributed by atoms with van der Waals surface area (Å²) in [4.78, 5) is 35.4. The number of benzene rings is 9. The van der Waals surface area contributed by atoms with Gasteiger partial charge in [0.2, 0.25) is 0 Å². The molecule has 0 saturated heterocycles. The molecule has 0 bridgehead atoms. The van der Waals surface area contributed by atoms with Crippen LogP contribution in [-0.2, 0) is 79.4 Å². The van der Waals surface area contributed by atoms with Crippen LogP contribution < -0.4 is 4.74 Å². The van der Waals surface area contributed by atoms with Crippen LogP contribution in [0, 0.1) is 77.5 Å². The second kappa shape index (κ2) is 32.1. The van der Waals surface area contributed by atoms with E-state index in [0.29, 0.717) is 18.6 Å². The van der Waals surface area contributed by atoms with E-state index in [0.717, 1.165) is 56.8 Å². The Labute approximate surface area is 621 Å². The van der Waals surface area contributed by atoms with Crippen molar-refractivity contribution in [2.75, 3.05) is 20.3 Å². The Hall–Kier alpha value is -8.70. The minimum atomic E-state index is -0.880. The number of carbonyl (C=O) groups excluding carboxylic acids is 2. The third-order valence-corrected chi connectivity index (χ3v) is 18.7. The number of aryl methyl sites for hydroxylation is 7. The molecule has 0 fully saturated rings. The number of pyridine rings is 2. The van der Waals surface area contributed by atoms with Crippen LogP contribution >= 0.6 is 0 Å². The number of aromatic nitrogens is 6. The van der Waals surface area contributed by atoms with Crippen molar-refractivity contribution in [2.45, 2.75) is 101 Å². The monoisotopic (exact) mass is 1840 g/mol. The van der Waals surface area contributed by atoms with Crippen molar-refractivity contribution in [3.63, 3.8) is 0 Å². The quantitative estimate of drug-likeness (QED) is 0.0407. The van der Waals surface area contributed by atoms with Gasteiger partial charge in [0.25, 0.3) is 0 Å². The molecule has 0 amide bonds. The Morgan fingerprint density at radius 1 is 0.596 bits per heavy atom. The predicted molar refractivity (Wildman–Crippen MR) is 389 cm³/mol. The van der Waals surface area contributed by atoms with Gasteiger partial charge < -0.3 is 23.2 Å². The van der Waals surface area contributed by atoms with Crippen molar-refractivity contribution in [2.24, 2.45) is 10.8 Å². The number of nitrogens with zero attached hydrogens (tertiary/aromatic N) is 6. The van der Waals surface area contributed by atoms with E-state index in [4.69, 9.17) is 24.3 Å². The number of rotatable bonds is 16. The van der Waals surface area contributed by atoms with Gasteiger partial charge in [0.1, 0.15) is 13.2 Å². The smallest absolute Gasteiger partial charge is 0.311 e. The molecule has 0 saturated carbocycles. The van der Waals surface area contributed by atoms with Gasteiger partial charge in [-0.25, -0.2) is 0 Å². The summed E-state index contributed by atoms with van der Waals surface area (Å²) in [7, 11) is 1.37. The maximum Gasteiger partial charge on any atom is 0.311 e. The summed E-state index contributed by atoms with van der Waals surface area (Å²) in [6.07, 6.45) is 9.37. The molecular weight excluding hydrogens is 1760 g/mol. The van der Waals surface area contributed by atoms with Crippen LogP contribution in [-0.4, -0.2) is 60.8 Å². The maximum atomic E-state index is 13.5. The molecule has 9 aromatic carbocycles. The molecule has 5 heterocycles. The summed E-state index contributed by atoms with van der Waals surface area (Å²) in [5.41, 5.74) is 19.4. The zero-order valence-corrected chi connectivity index (χ0v) is 65.2. The van der Waals surface area contributed by atoms with E-state index >= 15 is 0 Å². The van der Waals surface area contributed by atoms with Gasteiger partial charge in [0, 0.05) is 107 Å². The Morgan fingerprint density at radius 3 is 1.97 bits per heavy atom. The Balaban J connectivity index is 0.000000179. The Kier molecular flexibility index (Phi) is 24.2. The Bertz CT molecular complexity index is 5150. The topological polar surface area (TPSA) is 114 Å². The molecule has 0 spiro atoms. The predicted octanol–water partition coefficient (Wildman–Crippen LogP) is 19.8. The minimum Gasteiger partial charge on any atom is -0.533 e. The van der Waals surface area contributed by atoms with Gasteiger partial charge in [-0.3, -0.25) is 24.1 Å². The SMILES string of the molecule is COC(=O)C(C)(C)CC(C)(CCC(C)c1ccccc1)C(=O)OCCOc1c[c-]c(-c2nccn2-c2ccccc2C)cc1.Cc1cc(C)c(-c2cnc3c4[c-]cccc4c4ccc(C)cc4n23)c(C)c1.Cc1cccc(C)c1-c1cnn2c3[c-]cccc3c3ccccc3c12.[Ir].[Ir].[Ir]. The van der Waals surface area contributed by atoms with E-state index in [9.17, 15) is 9.59 Å². The van der Waals surface area contributed by atoms with Crippen LogP contribution in [0.2, 0.25) is 0 Å². The number of esters is 2. The summed E-state index contributed by atoms with van der Waals surface area (Å²) >= 11 is 0. The van der Waals surface area contributed by atoms with E-state index in [1.54, 1.807) is 12.3 Å². The summed E-state index contributed by atoms with van der Waals surface area (Å²) < 4.78 is 23.0. The molecule has 14 heteroatoms. The molecule has 14 rings (SSSR count). The second-order valence-electron chi connectivity index (χ2n) is 26.4. The Morgan fingerprint density at radius 2 is 1.26 bits per heavy atom. The fourth-order valence-electron chi connectivity index (χ4n) is 14.1. The first kappa shape index (κ1) is 74.5. The molecule has 14 aromatic rings. The van der Waals surface area contributed by atoms with Gasteiger partial charge in [0.05, 0.1) is 46.8 Å². The van der Waals surface area contributed by atoms with Crippen molar-refractivity contribution in [1.82, 2.24) is 28.5 Å². The standard InChI is InChI=1S/C37H43N2O5.C25H21N2.C23H17N2.3Ir/c1-27(29-13-8-7-9-14-29)20-21-37(5,26-36(3,4)34(40)42-6)35(41)44-25-24-43-31-18-16-30(17-19-31)33-38-22-23-39(33)32-15-11-10-12-28(32)2;1-15-9-10-20-19-7-5-6-8-21(19)25-26-14-23(27(25)22(20)13-15)24-17(3)11-16(2)12-18(24)4;1-15-8-7-9-16(2)22(15)20-14-24-25-21-13-6-5-11-18(21)17-10-3-4-12-19(17)23(20)25;;;/h7-16,18-19,22-23,27H,20-21,24-26H2,1-6H3;5-7,9-14H,1-4H3;3-12,14H,1-2H3;;;/q3*-1;;;. The summed E-state index contributed by atoms with van der Waals surface area (Å²) in [6.45, 7) is 23.0. The van der Waals surface area contributed by atoms with E-state index in [2.05, 4.69) is 198 Å². The fraction of sp³-hybridized carbons (Fsp3) is 0.235. The largest absolute Gasteiger partial charge is 0.533 e. The number of hydrogen-bond acceptors (Lipinski definition) is 8. The van der Waals surface area contributed by atoms with Crippen molar-refractivity contribution in [1.29, 1.82) is 0 Å². The zero-order valence-electron chi connectivity index (χ0n) is 58.0. The van der Waals surface area contributed by atoms with Gasteiger partial charge in [-0.05, 0) is 167 Å². The van der Waals surface area contributed by atoms with E-state index < -0.39 is 10.8 Å². The summed E-state index contributed by atoms with van der Waals surface area (Å²) in [5, 5.41) is 11.9. The molecule has 5 aromatic heterocycles. The van der Waals surface area contributed by atoms with Crippen LogP contribution in [0.1, 0.15) is 97.4 Å². The van der Waals surface area contributed by atoms with Crippen LogP contribution in [0.25, 0.3) is 94.0 Å². The molecule has 2 unspecified atom stereocenters. The molecule has 511 valence electrons. The molecule has 0 N–H and O–H groups in total. The minimum absolute atomic E-state index is 0. The van der Waals surface area contributed by atoms with E-state index in [1.165, 1.54) is 95.2 Å². The first-order chi connectivity index (χ1) is 46.3. The fourth-order valence-corrected chi connectivity index (χ4v) is 14.1. The van der Waals surface area contributed by atoms with Crippen molar-refractivity contribution in [3.8, 4) is 45.2 Å². The molecule has 2 atom stereocenters. The molecular formula is C85H81Ir3N6O5-3. The van der Waals surface area contributed by atoms with Crippen LogP contribution in [0.3, 0.4) is 0 Å². The number of hydrogen-bond donors (Lipinski definition) is 0. The number of para-hydroxylation sites is 2. The molecule has 3 radical (unpaired) electrons. The molecule has 11 nitrogen and oxygen atoms in total. The van der Waals surface area contributed by atoms with Crippen molar-refractivity contribution < 1.29 is 84.1 Å². The maximum absolute atomic E-state index is 13.5. The number of ether oxygens (including phenoxy) is 3. The zero-order chi connectivity index (χ0) is 67.4. The first-order valence-electron chi connectivity index (χ1n) is 32.9. The average Bonchev–Trinajstić information content (AvgIpc) is 1.65. The van der Waals surface area contributed by atoms with Gasteiger partial charge in [-0.1, -0.05) is 139 Å². The molecule has 0 aliphatic heterocycles. The van der Waals surface area contributed by atoms with Crippen LogP contribution in [0.5, 0.6) is 5.75 Å².